The van der Waals surface area contributed by atoms with Crippen LogP contribution in [-0.4, -0.2) is 29.2 Å². The molecule has 0 aliphatic heterocycles. The summed E-state index contributed by atoms with van der Waals surface area (Å²) in [4.78, 5) is 8.31. The van der Waals surface area contributed by atoms with Gasteiger partial charge in [0.05, 0.1) is 6.10 Å². The van der Waals surface area contributed by atoms with Crippen LogP contribution < -0.4 is 5.32 Å². The second-order valence-electron chi connectivity index (χ2n) is 4.19. The van der Waals surface area contributed by atoms with Crippen molar-refractivity contribution in [2.45, 2.75) is 44.4 Å². The maximum atomic E-state index is 5.88. The molecule has 1 aliphatic carbocycles. The van der Waals surface area contributed by atoms with E-state index in [4.69, 9.17) is 4.74 Å². The molecular weight excluding hydrogens is 202 g/mol. The Balaban J connectivity index is 1.84. The zero-order valence-electron chi connectivity index (χ0n) is 9.72. The molecule has 1 aliphatic rings. The van der Waals surface area contributed by atoms with Gasteiger partial charge in [0.15, 0.2) is 5.82 Å². The van der Waals surface area contributed by atoms with Crippen LogP contribution in [0.3, 0.4) is 0 Å². The monoisotopic (exact) mass is 221 g/mol. The van der Waals surface area contributed by atoms with Crippen molar-refractivity contribution in [3.8, 4) is 0 Å². The average molecular weight is 221 g/mol. The highest BCUT2D eigenvalue weighted by molar-refractivity contribution is 4.87. The average Bonchev–Trinajstić information content (AvgIpc) is 2.38. The predicted molar refractivity (Wildman–Crippen MR) is 61.9 cm³/mol. The smallest absolute Gasteiger partial charge is 0.153 e. The molecule has 1 saturated carbocycles. The van der Waals surface area contributed by atoms with E-state index in [1.807, 2.05) is 13.1 Å². The second-order valence-corrected chi connectivity index (χ2v) is 4.19. The van der Waals surface area contributed by atoms with Crippen molar-refractivity contribution in [2.75, 3.05) is 7.05 Å². The molecule has 16 heavy (non-hydrogen) atoms. The standard InChI is InChI=1S/C12H19N3O/c1-13-10-5-2-3-6-11(10)16-9-12-14-7-4-8-15-12/h4,7-8,10-11,13H,2-3,5-6,9H2,1H3. The van der Waals surface area contributed by atoms with E-state index in [9.17, 15) is 0 Å². The van der Waals surface area contributed by atoms with E-state index in [1.165, 1.54) is 19.3 Å². The maximum Gasteiger partial charge on any atom is 0.153 e. The quantitative estimate of drug-likeness (QED) is 0.837. The van der Waals surface area contributed by atoms with Crippen molar-refractivity contribution in [1.82, 2.24) is 15.3 Å². The molecule has 0 radical (unpaired) electrons. The SMILES string of the molecule is CNC1CCCCC1OCc1ncccn1. The van der Waals surface area contributed by atoms with Crippen LogP contribution >= 0.6 is 0 Å². The zero-order valence-corrected chi connectivity index (χ0v) is 9.72. The van der Waals surface area contributed by atoms with Crippen LogP contribution in [0.1, 0.15) is 31.5 Å². The van der Waals surface area contributed by atoms with Crippen LogP contribution in [0.2, 0.25) is 0 Å². The van der Waals surface area contributed by atoms with Gasteiger partial charge in [-0.3, -0.25) is 0 Å². The van der Waals surface area contributed by atoms with Crippen molar-refractivity contribution in [3.05, 3.63) is 24.3 Å². The third-order valence-electron chi connectivity index (χ3n) is 3.12. The zero-order chi connectivity index (χ0) is 11.2. The Labute approximate surface area is 96.4 Å². The molecule has 0 amide bonds. The van der Waals surface area contributed by atoms with Gasteiger partial charge in [-0.05, 0) is 26.0 Å². The molecule has 1 N–H and O–H groups in total. The summed E-state index contributed by atoms with van der Waals surface area (Å²) in [6.45, 7) is 0.518. The first kappa shape index (κ1) is 11.5. The molecule has 88 valence electrons. The fraction of sp³-hybridized carbons (Fsp3) is 0.667. The van der Waals surface area contributed by atoms with Gasteiger partial charge in [0.1, 0.15) is 6.61 Å². The molecule has 2 unspecified atom stereocenters. The van der Waals surface area contributed by atoms with Gasteiger partial charge in [-0.1, -0.05) is 12.8 Å². The maximum absolute atomic E-state index is 5.88. The van der Waals surface area contributed by atoms with E-state index in [-0.39, 0.29) is 0 Å². The molecule has 1 aromatic heterocycles. The summed E-state index contributed by atoms with van der Waals surface area (Å²) in [7, 11) is 2.01. The number of likely N-dealkylation sites (N-methyl/N-ethyl adjacent to an activating group) is 1. The number of hydrogen-bond donors (Lipinski definition) is 1. The summed E-state index contributed by atoms with van der Waals surface area (Å²) in [5, 5.41) is 3.32. The van der Waals surface area contributed by atoms with Crippen molar-refractivity contribution >= 4 is 0 Å². The van der Waals surface area contributed by atoms with Crippen molar-refractivity contribution in [3.63, 3.8) is 0 Å². The van der Waals surface area contributed by atoms with Gasteiger partial charge >= 0.3 is 0 Å². The largest absolute Gasteiger partial charge is 0.369 e. The fourth-order valence-corrected chi connectivity index (χ4v) is 2.21. The molecule has 1 aromatic rings. The van der Waals surface area contributed by atoms with E-state index in [2.05, 4.69) is 15.3 Å². The molecule has 4 heteroatoms. The number of hydrogen-bond acceptors (Lipinski definition) is 4. The summed E-state index contributed by atoms with van der Waals surface area (Å²) < 4.78 is 5.88. The molecule has 2 atom stereocenters. The van der Waals surface area contributed by atoms with E-state index < -0.39 is 0 Å². The Kier molecular flexibility index (Phi) is 4.25. The molecule has 0 bridgehead atoms. The topological polar surface area (TPSA) is 47.0 Å². The normalized spacial score (nSPS) is 25.6. The molecule has 4 nitrogen and oxygen atoms in total. The molecule has 0 aromatic carbocycles. The summed E-state index contributed by atoms with van der Waals surface area (Å²) in [6, 6.07) is 2.30. The van der Waals surface area contributed by atoms with Crippen LogP contribution in [0.15, 0.2) is 18.5 Å². The van der Waals surface area contributed by atoms with Gasteiger partial charge in [-0.25, -0.2) is 9.97 Å². The molecule has 0 spiro atoms. The lowest BCUT2D eigenvalue weighted by Crippen LogP contribution is -2.41. The van der Waals surface area contributed by atoms with E-state index in [0.717, 1.165) is 12.2 Å². The predicted octanol–water partition coefficient (Wildman–Crippen LogP) is 1.52. The first-order valence-electron chi connectivity index (χ1n) is 5.95. The fourth-order valence-electron chi connectivity index (χ4n) is 2.21. The van der Waals surface area contributed by atoms with Crippen molar-refractivity contribution in [2.24, 2.45) is 0 Å². The number of ether oxygens (including phenoxy) is 1. The number of nitrogens with zero attached hydrogens (tertiary/aromatic N) is 2. The highest BCUT2D eigenvalue weighted by Crippen LogP contribution is 2.21. The van der Waals surface area contributed by atoms with E-state index >= 15 is 0 Å². The minimum absolute atomic E-state index is 0.308. The Morgan fingerprint density at radius 2 is 2.06 bits per heavy atom. The second kappa shape index (κ2) is 5.92. The molecule has 1 heterocycles. The summed E-state index contributed by atoms with van der Waals surface area (Å²) in [6.07, 6.45) is 8.72. The molecular formula is C12H19N3O. The summed E-state index contributed by atoms with van der Waals surface area (Å²) in [5.74, 6) is 0.767. The first-order chi connectivity index (χ1) is 7.90. The number of nitrogens with one attached hydrogen (secondary N) is 1. The van der Waals surface area contributed by atoms with Crippen LogP contribution in [0.25, 0.3) is 0 Å². The van der Waals surface area contributed by atoms with Crippen LogP contribution in [0.4, 0.5) is 0 Å². The highest BCUT2D eigenvalue weighted by Gasteiger charge is 2.24. The van der Waals surface area contributed by atoms with Crippen LogP contribution in [0.5, 0.6) is 0 Å². The lowest BCUT2D eigenvalue weighted by molar-refractivity contribution is -0.00653. The van der Waals surface area contributed by atoms with Gasteiger partial charge in [0.25, 0.3) is 0 Å². The first-order valence-corrected chi connectivity index (χ1v) is 5.95. The molecule has 2 rings (SSSR count). The van der Waals surface area contributed by atoms with Crippen LogP contribution in [-0.2, 0) is 11.3 Å². The van der Waals surface area contributed by atoms with Gasteiger partial charge in [-0.15, -0.1) is 0 Å². The van der Waals surface area contributed by atoms with E-state index in [0.29, 0.717) is 18.8 Å². The van der Waals surface area contributed by atoms with E-state index in [1.54, 1.807) is 12.4 Å². The van der Waals surface area contributed by atoms with Gasteiger partial charge in [-0.2, -0.15) is 0 Å². The lowest BCUT2D eigenvalue weighted by atomic mass is 9.92. The number of aromatic nitrogens is 2. The molecule has 1 fully saturated rings. The van der Waals surface area contributed by atoms with Gasteiger partial charge in [0, 0.05) is 18.4 Å². The Bertz CT molecular complexity index is 304. The third kappa shape index (κ3) is 3.00. The Morgan fingerprint density at radius 3 is 2.81 bits per heavy atom. The minimum Gasteiger partial charge on any atom is -0.369 e. The third-order valence-corrected chi connectivity index (χ3v) is 3.12. The molecule has 0 saturated heterocycles. The Hall–Kier alpha value is -1.00. The van der Waals surface area contributed by atoms with Crippen molar-refractivity contribution < 1.29 is 4.74 Å². The van der Waals surface area contributed by atoms with Crippen LogP contribution in [0, 0.1) is 0 Å². The van der Waals surface area contributed by atoms with Crippen molar-refractivity contribution in [1.29, 1.82) is 0 Å². The van der Waals surface area contributed by atoms with Gasteiger partial charge in [0.2, 0.25) is 0 Å². The highest BCUT2D eigenvalue weighted by atomic mass is 16.5. The summed E-state index contributed by atoms with van der Waals surface area (Å²) >= 11 is 0. The Morgan fingerprint density at radius 1 is 1.31 bits per heavy atom. The van der Waals surface area contributed by atoms with Gasteiger partial charge < -0.3 is 10.1 Å². The lowest BCUT2D eigenvalue weighted by Gasteiger charge is -2.30. The minimum atomic E-state index is 0.308. The summed E-state index contributed by atoms with van der Waals surface area (Å²) in [5.41, 5.74) is 0. The number of rotatable bonds is 4.